The van der Waals surface area contributed by atoms with E-state index in [1.54, 1.807) is 0 Å². The predicted molar refractivity (Wildman–Crippen MR) is 123 cm³/mol. The van der Waals surface area contributed by atoms with Crippen molar-refractivity contribution in [2.24, 2.45) is 10.8 Å². The summed E-state index contributed by atoms with van der Waals surface area (Å²) in [6.45, 7) is 7.65. The number of rotatable bonds is 15. The van der Waals surface area contributed by atoms with E-state index >= 15 is 0 Å². The number of hydrogen-bond donors (Lipinski definition) is 2. The molecule has 0 radical (unpaired) electrons. The third-order valence-electron chi connectivity index (χ3n) is 5.20. The summed E-state index contributed by atoms with van der Waals surface area (Å²) < 4.78 is 0. The van der Waals surface area contributed by atoms with Crippen LogP contribution in [0.5, 0.6) is 0 Å². The lowest BCUT2D eigenvalue weighted by Gasteiger charge is -2.27. The van der Waals surface area contributed by atoms with Crippen LogP contribution in [-0.2, 0) is 9.59 Å². The Morgan fingerprint density at radius 3 is 1.07 bits per heavy atom. The maximum absolute atomic E-state index is 11.0. The van der Waals surface area contributed by atoms with Crippen molar-refractivity contribution in [3.05, 3.63) is 0 Å². The van der Waals surface area contributed by atoms with Gasteiger partial charge in [0.2, 0.25) is 0 Å². The molecule has 0 amide bonds. The van der Waals surface area contributed by atoms with Gasteiger partial charge in [0.15, 0.2) is 0 Å². The van der Waals surface area contributed by atoms with Gasteiger partial charge in [-0.15, -0.1) is 48.0 Å². The van der Waals surface area contributed by atoms with Crippen molar-refractivity contribution in [1.29, 1.82) is 0 Å². The van der Waals surface area contributed by atoms with Crippen LogP contribution >= 0.6 is 48.0 Å². The Hall–Kier alpha value is 0.1000. The summed E-state index contributed by atoms with van der Waals surface area (Å²) in [4.78, 5) is 21.9. The van der Waals surface area contributed by atoms with Gasteiger partial charge in [0.25, 0.3) is 0 Å². The number of unbranched alkanes of at least 4 members (excludes halogenated alkanes) is 7. The molecule has 8 heteroatoms. The quantitative estimate of drug-likeness (QED) is 0.191. The van der Waals surface area contributed by atoms with E-state index in [-0.39, 0.29) is 35.6 Å². The standard InChI is InChI=1S/C20H36Cl2O4.2ClH/c1-19(2,15(21)17(23)24)13-11-9-7-5-6-8-10-12-14-20(3,4)16(22)18(25)26;;/h15-16H,5-14H2,1-4H3,(H,23,24)(H,25,26);2*1H. The Kier molecular flexibility index (Phi) is 18.6. The number of hydrogen-bond acceptors (Lipinski definition) is 2. The highest BCUT2D eigenvalue weighted by Gasteiger charge is 2.33. The van der Waals surface area contributed by atoms with Crippen LogP contribution in [0.25, 0.3) is 0 Å². The molecule has 170 valence electrons. The van der Waals surface area contributed by atoms with Crippen LogP contribution in [0.15, 0.2) is 0 Å². The lowest BCUT2D eigenvalue weighted by molar-refractivity contribution is -0.139. The maximum atomic E-state index is 11.0. The van der Waals surface area contributed by atoms with Gasteiger partial charge in [0.05, 0.1) is 0 Å². The SMILES string of the molecule is CC(C)(CCCCCCCCCCC(C)(C)C(Cl)C(=O)O)C(Cl)C(=O)O.Cl.Cl. The number of carboxylic acid groups (broad SMARTS) is 2. The monoisotopic (exact) mass is 482 g/mol. The fourth-order valence-electron chi connectivity index (χ4n) is 3.14. The molecule has 0 aliphatic rings. The maximum Gasteiger partial charge on any atom is 0.322 e. The van der Waals surface area contributed by atoms with Crippen LogP contribution in [0.4, 0.5) is 0 Å². The van der Waals surface area contributed by atoms with Crippen molar-refractivity contribution in [2.75, 3.05) is 0 Å². The highest BCUT2D eigenvalue weighted by Crippen LogP contribution is 2.33. The molecule has 0 saturated carbocycles. The van der Waals surface area contributed by atoms with E-state index in [2.05, 4.69) is 0 Å². The second-order valence-electron chi connectivity index (χ2n) is 8.71. The number of carboxylic acids is 2. The fraction of sp³-hybridized carbons (Fsp3) is 0.900. The van der Waals surface area contributed by atoms with Crippen LogP contribution < -0.4 is 0 Å². The smallest absolute Gasteiger partial charge is 0.322 e. The Bertz CT molecular complexity index is 402. The predicted octanol–water partition coefficient (Wildman–Crippen LogP) is 7.17. The molecule has 4 nitrogen and oxygen atoms in total. The molecule has 0 rings (SSSR count). The van der Waals surface area contributed by atoms with Gasteiger partial charge in [-0.2, -0.15) is 0 Å². The van der Waals surface area contributed by atoms with Crippen molar-refractivity contribution < 1.29 is 19.8 Å². The molecule has 0 bridgehead atoms. The minimum Gasteiger partial charge on any atom is -0.480 e. The first-order valence-corrected chi connectivity index (χ1v) is 10.5. The first kappa shape index (κ1) is 32.8. The summed E-state index contributed by atoms with van der Waals surface area (Å²) in [6, 6.07) is 0. The van der Waals surface area contributed by atoms with Gasteiger partial charge in [0.1, 0.15) is 10.8 Å². The summed E-state index contributed by atoms with van der Waals surface area (Å²) >= 11 is 11.9. The van der Waals surface area contributed by atoms with Crippen molar-refractivity contribution in [2.45, 2.75) is 103 Å². The molecule has 2 unspecified atom stereocenters. The van der Waals surface area contributed by atoms with Crippen molar-refractivity contribution >= 4 is 60.0 Å². The van der Waals surface area contributed by atoms with E-state index in [4.69, 9.17) is 33.4 Å². The Labute approximate surface area is 192 Å². The zero-order chi connectivity index (χ0) is 20.4. The van der Waals surface area contributed by atoms with Crippen molar-refractivity contribution in [3.8, 4) is 0 Å². The summed E-state index contributed by atoms with van der Waals surface area (Å²) in [6.07, 6.45) is 10.5. The van der Waals surface area contributed by atoms with Gasteiger partial charge in [-0.3, -0.25) is 9.59 Å². The molecule has 0 aromatic rings. The van der Waals surface area contributed by atoms with E-state index in [1.807, 2.05) is 27.7 Å². The number of aliphatic carboxylic acids is 2. The normalized spacial score (nSPS) is 13.8. The molecule has 2 N–H and O–H groups in total. The average Bonchev–Trinajstić information content (AvgIpc) is 2.54. The van der Waals surface area contributed by atoms with Gasteiger partial charge < -0.3 is 10.2 Å². The average molecular weight is 484 g/mol. The van der Waals surface area contributed by atoms with E-state index in [0.29, 0.717) is 0 Å². The molecule has 28 heavy (non-hydrogen) atoms. The first-order chi connectivity index (χ1) is 11.9. The molecule has 0 heterocycles. The van der Waals surface area contributed by atoms with E-state index < -0.39 is 22.7 Å². The van der Waals surface area contributed by atoms with Gasteiger partial charge in [-0.25, -0.2) is 0 Å². The topological polar surface area (TPSA) is 74.6 Å². The molecule has 0 aliphatic heterocycles. The minimum absolute atomic E-state index is 0. The summed E-state index contributed by atoms with van der Waals surface area (Å²) in [5, 5.41) is 16.3. The highest BCUT2D eigenvalue weighted by atomic mass is 35.5. The van der Waals surface area contributed by atoms with Crippen LogP contribution in [-0.4, -0.2) is 32.9 Å². The fourth-order valence-corrected chi connectivity index (χ4v) is 3.36. The largest absolute Gasteiger partial charge is 0.480 e. The Morgan fingerprint density at radius 1 is 0.643 bits per heavy atom. The zero-order valence-electron chi connectivity index (χ0n) is 17.5. The lowest BCUT2D eigenvalue weighted by atomic mass is 9.83. The van der Waals surface area contributed by atoms with Gasteiger partial charge >= 0.3 is 11.9 Å². The Balaban J connectivity index is -0.00000312. The third-order valence-corrected chi connectivity index (χ3v) is 6.75. The highest BCUT2D eigenvalue weighted by molar-refractivity contribution is 6.30. The summed E-state index contributed by atoms with van der Waals surface area (Å²) in [5.41, 5.74) is -0.757. The zero-order valence-corrected chi connectivity index (χ0v) is 20.7. The van der Waals surface area contributed by atoms with Crippen molar-refractivity contribution in [1.82, 2.24) is 0 Å². The molecular weight excluding hydrogens is 446 g/mol. The number of alkyl halides is 2. The second kappa shape index (κ2) is 15.9. The van der Waals surface area contributed by atoms with Crippen LogP contribution in [0.3, 0.4) is 0 Å². The lowest BCUT2D eigenvalue weighted by Crippen LogP contribution is -2.31. The van der Waals surface area contributed by atoms with E-state index in [0.717, 1.165) is 51.4 Å². The molecule has 0 aromatic heterocycles. The van der Waals surface area contributed by atoms with Crippen LogP contribution in [0.1, 0.15) is 91.9 Å². The Morgan fingerprint density at radius 2 is 0.857 bits per heavy atom. The molecular formula is C20H38Cl4O4. The molecule has 0 aliphatic carbocycles. The van der Waals surface area contributed by atoms with Crippen LogP contribution in [0.2, 0.25) is 0 Å². The first-order valence-electron chi connectivity index (χ1n) is 9.65. The summed E-state index contributed by atoms with van der Waals surface area (Å²) in [7, 11) is 0. The number of carbonyl (C=O) groups is 2. The molecule has 0 aromatic carbocycles. The van der Waals surface area contributed by atoms with Gasteiger partial charge in [0, 0.05) is 0 Å². The van der Waals surface area contributed by atoms with E-state index in [1.165, 1.54) is 12.8 Å². The number of halogens is 4. The van der Waals surface area contributed by atoms with E-state index in [9.17, 15) is 9.59 Å². The molecule has 0 spiro atoms. The molecule has 0 saturated heterocycles. The summed E-state index contributed by atoms with van der Waals surface area (Å²) in [5.74, 6) is -1.88. The molecule has 0 fully saturated rings. The minimum atomic E-state index is -0.941. The van der Waals surface area contributed by atoms with Crippen molar-refractivity contribution in [3.63, 3.8) is 0 Å². The van der Waals surface area contributed by atoms with Crippen LogP contribution in [0, 0.1) is 10.8 Å². The van der Waals surface area contributed by atoms with Gasteiger partial charge in [-0.05, 0) is 23.7 Å². The molecule has 2 atom stereocenters. The van der Waals surface area contributed by atoms with Gasteiger partial charge in [-0.1, -0.05) is 79.1 Å². The third kappa shape index (κ3) is 13.3. The second-order valence-corrected chi connectivity index (χ2v) is 9.58.